The number of H-pyrrole nitrogens is 1. The number of imidazole rings is 1. The number of nitro groups is 1. The molecular weight excluding hydrogens is 262 g/mol. The van der Waals surface area contributed by atoms with Gasteiger partial charge in [0.05, 0.1) is 17.0 Å². The molecule has 0 aliphatic carbocycles. The smallest absolute Gasteiger partial charge is 0.293 e. The Morgan fingerprint density at radius 1 is 1.50 bits per heavy atom. The van der Waals surface area contributed by atoms with Crippen LogP contribution in [0.4, 0.5) is 11.4 Å². The minimum atomic E-state index is -0.533. The highest BCUT2D eigenvalue weighted by molar-refractivity contribution is 6.01. The summed E-state index contributed by atoms with van der Waals surface area (Å²) in [6.45, 7) is 0.220. The van der Waals surface area contributed by atoms with Gasteiger partial charge in [0.2, 0.25) is 0 Å². The lowest BCUT2D eigenvalue weighted by atomic mass is 10.1. The van der Waals surface area contributed by atoms with E-state index >= 15 is 0 Å². The Bertz CT molecular complexity index is 624. The summed E-state index contributed by atoms with van der Waals surface area (Å²) in [5.41, 5.74) is 0.265. The highest BCUT2D eigenvalue weighted by atomic mass is 16.6. The van der Waals surface area contributed by atoms with Crippen molar-refractivity contribution in [3.05, 3.63) is 52.1 Å². The number of anilines is 1. The van der Waals surface area contributed by atoms with Crippen molar-refractivity contribution in [3.63, 3.8) is 0 Å². The quantitative estimate of drug-likeness (QED) is 0.562. The predicted molar refractivity (Wildman–Crippen MR) is 72.4 cm³/mol. The first kappa shape index (κ1) is 13.5. The Labute approximate surface area is 114 Å². The van der Waals surface area contributed by atoms with Crippen LogP contribution in [0.25, 0.3) is 0 Å². The van der Waals surface area contributed by atoms with Gasteiger partial charge in [-0.05, 0) is 6.07 Å². The Balaban J connectivity index is 2.21. The average molecular weight is 275 g/mol. The summed E-state index contributed by atoms with van der Waals surface area (Å²) in [5.74, 6) is 0.198. The molecule has 3 N–H and O–H groups in total. The number of carbonyl (C=O) groups is 1. The number of nitro benzene ring substituents is 1. The van der Waals surface area contributed by atoms with Crippen LogP contribution in [0.5, 0.6) is 0 Å². The second-order valence-corrected chi connectivity index (χ2v) is 3.93. The standard InChI is InChI=1S/C12H13N5O3/c1-13-11-8(3-2-4-9(11)17(19)20)12(18)16-7-10-14-5-6-15-10/h2-6,13H,7H2,1H3,(H,14,15)(H,16,18). The van der Waals surface area contributed by atoms with Crippen molar-refractivity contribution in [2.45, 2.75) is 6.54 Å². The number of rotatable bonds is 5. The number of aromatic nitrogens is 2. The molecule has 1 amide bonds. The number of hydrogen-bond acceptors (Lipinski definition) is 5. The Morgan fingerprint density at radius 3 is 2.90 bits per heavy atom. The van der Waals surface area contributed by atoms with Gasteiger partial charge >= 0.3 is 0 Å². The summed E-state index contributed by atoms with van der Waals surface area (Å²) in [6, 6.07) is 4.34. The van der Waals surface area contributed by atoms with Crippen molar-refractivity contribution in [1.29, 1.82) is 0 Å². The fourth-order valence-corrected chi connectivity index (χ4v) is 1.80. The molecule has 0 unspecified atom stereocenters. The van der Waals surface area contributed by atoms with Crippen molar-refractivity contribution in [3.8, 4) is 0 Å². The van der Waals surface area contributed by atoms with Crippen LogP contribution < -0.4 is 10.6 Å². The first-order valence-corrected chi connectivity index (χ1v) is 5.85. The predicted octanol–water partition coefficient (Wildman–Crippen LogP) is 1.29. The number of amides is 1. The van der Waals surface area contributed by atoms with Gasteiger partial charge in [-0.1, -0.05) is 6.07 Å². The molecule has 0 atom stereocenters. The molecule has 8 heteroatoms. The fourth-order valence-electron chi connectivity index (χ4n) is 1.80. The zero-order valence-corrected chi connectivity index (χ0v) is 10.7. The summed E-state index contributed by atoms with van der Waals surface area (Å²) in [4.78, 5) is 29.3. The van der Waals surface area contributed by atoms with Crippen LogP contribution in [0.3, 0.4) is 0 Å². The maximum absolute atomic E-state index is 12.1. The maximum atomic E-state index is 12.1. The Morgan fingerprint density at radius 2 is 2.30 bits per heavy atom. The van der Waals surface area contributed by atoms with Gasteiger partial charge in [0.25, 0.3) is 11.6 Å². The number of benzene rings is 1. The molecule has 2 aromatic rings. The molecule has 0 fully saturated rings. The van der Waals surface area contributed by atoms with E-state index in [2.05, 4.69) is 20.6 Å². The number of aromatic amines is 1. The topological polar surface area (TPSA) is 113 Å². The van der Waals surface area contributed by atoms with Gasteiger partial charge < -0.3 is 15.6 Å². The lowest BCUT2D eigenvalue weighted by molar-refractivity contribution is -0.384. The van der Waals surface area contributed by atoms with Gasteiger partial charge in [0.15, 0.2) is 0 Å². The molecule has 0 saturated heterocycles. The third-order valence-electron chi connectivity index (χ3n) is 2.71. The zero-order chi connectivity index (χ0) is 14.5. The van der Waals surface area contributed by atoms with Crippen LogP contribution in [-0.4, -0.2) is 27.8 Å². The SMILES string of the molecule is CNc1c(C(=O)NCc2ncc[nH]2)cccc1[N+](=O)[O-]. The van der Waals surface area contributed by atoms with Crippen LogP contribution in [0.15, 0.2) is 30.6 Å². The van der Waals surface area contributed by atoms with Crippen molar-refractivity contribution in [2.75, 3.05) is 12.4 Å². The molecule has 0 bridgehead atoms. The second-order valence-electron chi connectivity index (χ2n) is 3.93. The van der Waals surface area contributed by atoms with E-state index in [9.17, 15) is 14.9 Å². The molecule has 1 aromatic carbocycles. The van der Waals surface area contributed by atoms with Crippen molar-refractivity contribution >= 4 is 17.3 Å². The van der Waals surface area contributed by atoms with Gasteiger partial charge in [-0.2, -0.15) is 0 Å². The number of para-hydroxylation sites is 1. The van der Waals surface area contributed by atoms with E-state index in [0.29, 0.717) is 5.82 Å². The van der Waals surface area contributed by atoms with Crippen LogP contribution in [0.2, 0.25) is 0 Å². The number of carbonyl (C=O) groups excluding carboxylic acids is 1. The van der Waals surface area contributed by atoms with Crippen molar-refractivity contribution < 1.29 is 9.72 Å². The molecule has 1 aromatic heterocycles. The van der Waals surface area contributed by atoms with Gasteiger partial charge in [0.1, 0.15) is 11.5 Å². The summed E-state index contributed by atoms with van der Waals surface area (Å²) in [5, 5.41) is 16.3. The minimum Gasteiger partial charge on any atom is -0.382 e. The normalized spacial score (nSPS) is 10.1. The molecule has 0 aliphatic heterocycles. The molecule has 0 aliphatic rings. The maximum Gasteiger partial charge on any atom is 0.293 e. The molecule has 8 nitrogen and oxygen atoms in total. The largest absolute Gasteiger partial charge is 0.382 e. The van der Waals surface area contributed by atoms with Gasteiger partial charge in [-0.15, -0.1) is 0 Å². The highest BCUT2D eigenvalue weighted by Crippen LogP contribution is 2.27. The van der Waals surface area contributed by atoms with E-state index in [1.807, 2.05) is 0 Å². The lowest BCUT2D eigenvalue weighted by Crippen LogP contribution is -2.24. The summed E-state index contributed by atoms with van der Waals surface area (Å²) in [7, 11) is 1.53. The monoisotopic (exact) mass is 275 g/mol. The third kappa shape index (κ3) is 2.74. The van der Waals surface area contributed by atoms with Crippen LogP contribution in [0.1, 0.15) is 16.2 Å². The summed E-state index contributed by atoms with van der Waals surface area (Å²) < 4.78 is 0. The van der Waals surface area contributed by atoms with E-state index in [4.69, 9.17) is 0 Å². The van der Waals surface area contributed by atoms with E-state index in [1.165, 1.54) is 25.2 Å². The van der Waals surface area contributed by atoms with E-state index in [1.54, 1.807) is 12.4 Å². The summed E-state index contributed by atoms with van der Waals surface area (Å²) >= 11 is 0. The van der Waals surface area contributed by atoms with E-state index in [-0.39, 0.29) is 23.5 Å². The number of nitrogens with zero attached hydrogens (tertiary/aromatic N) is 2. The summed E-state index contributed by atoms with van der Waals surface area (Å²) in [6.07, 6.45) is 3.22. The van der Waals surface area contributed by atoms with Gasteiger partial charge in [-0.3, -0.25) is 14.9 Å². The Hall–Kier alpha value is -2.90. The Kier molecular flexibility index (Phi) is 3.94. The van der Waals surface area contributed by atoms with Crippen LogP contribution >= 0.6 is 0 Å². The van der Waals surface area contributed by atoms with E-state index < -0.39 is 10.8 Å². The van der Waals surface area contributed by atoms with Crippen LogP contribution in [-0.2, 0) is 6.54 Å². The highest BCUT2D eigenvalue weighted by Gasteiger charge is 2.20. The molecule has 0 spiro atoms. The molecule has 0 saturated carbocycles. The molecule has 2 rings (SSSR count). The number of hydrogen-bond donors (Lipinski definition) is 3. The van der Waals surface area contributed by atoms with Crippen molar-refractivity contribution in [1.82, 2.24) is 15.3 Å². The van der Waals surface area contributed by atoms with Gasteiger partial charge in [0, 0.05) is 25.5 Å². The molecular formula is C12H13N5O3. The fraction of sp³-hybridized carbons (Fsp3) is 0.167. The van der Waals surface area contributed by atoms with E-state index in [0.717, 1.165) is 0 Å². The van der Waals surface area contributed by atoms with Crippen LogP contribution in [0, 0.1) is 10.1 Å². The average Bonchev–Trinajstić information content (AvgIpc) is 2.97. The zero-order valence-electron chi connectivity index (χ0n) is 10.7. The lowest BCUT2D eigenvalue weighted by Gasteiger charge is -2.09. The van der Waals surface area contributed by atoms with Gasteiger partial charge in [-0.25, -0.2) is 4.98 Å². The molecule has 0 radical (unpaired) electrons. The minimum absolute atomic E-state index is 0.141. The molecule has 1 heterocycles. The molecule has 104 valence electrons. The first-order chi connectivity index (χ1) is 9.63. The van der Waals surface area contributed by atoms with Crippen molar-refractivity contribution in [2.24, 2.45) is 0 Å². The molecule has 20 heavy (non-hydrogen) atoms. The third-order valence-corrected chi connectivity index (χ3v) is 2.71. The second kappa shape index (κ2) is 5.83. The first-order valence-electron chi connectivity index (χ1n) is 5.85. The number of nitrogens with one attached hydrogen (secondary N) is 3.